The number of rotatable bonds is 6. The van der Waals surface area contributed by atoms with E-state index >= 15 is 0 Å². The highest BCUT2D eigenvalue weighted by molar-refractivity contribution is 7.84. The summed E-state index contributed by atoms with van der Waals surface area (Å²) in [6, 6.07) is 3.29. The first-order valence-electron chi connectivity index (χ1n) is 6.42. The summed E-state index contributed by atoms with van der Waals surface area (Å²) in [6.45, 7) is 7.26. The maximum atomic E-state index is 11.6. The Bertz CT molecular complexity index is 820. The van der Waals surface area contributed by atoms with Crippen LogP contribution in [0, 0.1) is 5.41 Å². The third-order valence-corrected chi connectivity index (χ3v) is 3.61. The van der Waals surface area contributed by atoms with Crippen LogP contribution in [0.5, 0.6) is 0 Å². The highest BCUT2D eigenvalue weighted by atomic mass is 32.2. The van der Waals surface area contributed by atoms with Crippen molar-refractivity contribution in [2.24, 2.45) is 0 Å². The number of anilines is 1. The highest BCUT2D eigenvalue weighted by Crippen LogP contribution is 2.29. The Morgan fingerprint density at radius 3 is 2.83 bits per heavy atom. The second-order valence-electron chi connectivity index (χ2n) is 4.39. The van der Waals surface area contributed by atoms with Crippen LogP contribution in [0.15, 0.2) is 42.9 Å². The predicted molar refractivity (Wildman–Crippen MR) is 90.2 cm³/mol. The van der Waals surface area contributed by atoms with Crippen molar-refractivity contribution in [2.75, 3.05) is 12.0 Å². The number of nitrogens with one attached hydrogen (secondary N) is 1. The van der Waals surface area contributed by atoms with E-state index in [1.807, 2.05) is 0 Å². The van der Waals surface area contributed by atoms with Gasteiger partial charge >= 0.3 is 0 Å². The fourth-order valence-corrected chi connectivity index (χ4v) is 2.29. The van der Waals surface area contributed by atoms with Gasteiger partial charge in [-0.15, -0.1) is 0 Å². The van der Waals surface area contributed by atoms with Gasteiger partial charge in [-0.1, -0.05) is 13.2 Å². The van der Waals surface area contributed by atoms with Gasteiger partial charge in [-0.25, -0.2) is 15.0 Å². The number of hydrogen-bond acceptors (Lipinski definition) is 7. The van der Waals surface area contributed by atoms with E-state index in [0.29, 0.717) is 22.5 Å². The molecule has 2 heterocycles. The van der Waals surface area contributed by atoms with Crippen LogP contribution >= 0.6 is 0 Å². The summed E-state index contributed by atoms with van der Waals surface area (Å²) >= 11 is 0. The van der Waals surface area contributed by atoms with Crippen molar-refractivity contribution in [3.05, 3.63) is 49.0 Å². The number of nitrogen functional groups attached to an aromatic ring is 1. The van der Waals surface area contributed by atoms with Crippen LogP contribution in [0.3, 0.4) is 0 Å². The third-order valence-electron chi connectivity index (χ3n) is 2.89. The van der Waals surface area contributed by atoms with Crippen molar-refractivity contribution in [1.29, 1.82) is 5.41 Å². The van der Waals surface area contributed by atoms with Crippen molar-refractivity contribution in [1.82, 2.24) is 15.0 Å². The van der Waals surface area contributed by atoms with Gasteiger partial charge in [0, 0.05) is 29.8 Å². The number of pyridine rings is 1. The number of nitrogens with zero attached hydrogens (tertiary/aromatic N) is 3. The van der Waals surface area contributed by atoms with E-state index in [2.05, 4.69) is 28.1 Å². The molecule has 0 saturated heterocycles. The molecule has 1 unspecified atom stereocenters. The molecule has 0 aromatic carbocycles. The Hall–Kier alpha value is -2.87. The van der Waals surface area contributed by atoms with Gasteiger partial charge in [-0.05, 0) is 12.1 Å². The van der Waals surface area contributed by atoms with E-state index in [9.17, 15) is 4.21 Å². The van der Waals surface area contributed by atoms with Gasteiger partial charge in [0.2, 0.25) is 5.16 Å². The van der Waals surface area contributed by atoms with Crippen LogP contribution in [-0.4, -0.2) is 31.6 Å². The van der Waals surface area contributed by atoms with Crippen molar-refractivity contribution in [3.63, 3.8) is 0 Å². The standard InChI is InChI=1S/C15H15N5O2S/c1-4-22-9(2)13-11(7-10(8-16)14(17)20-13)12-5-6-18-15(19-12)23(3)21/h4-8,16H,1-2H2,3H3,(H2,17,20). The Kier molecular flexibility index (Phi) is 4.97. The molecular weight excluding hydrogens is 314 g/mol. The third kappa shape index (κ3) is 3.49. The zero-order valence-corrected chi connectivity index (χ0v) is 13.3. The quantitative estimate of drug-likeness (QED) is 0.476. The average molecular weight is 329 g/mol. The molecule has 8 heteroatoms. The molecule has 2 aromatic rings. The molecule has 0 spiro atoms. The van der Waals surface area contributed by atoms with Crippen LogP contribution in [0.4, 0.5) is 5.82 Å². The molecule has 0 amide bonds. The molecule has 2 aromatic heterocycles. The summed E-state index contributed by atoms with van der Waals surface area (Å²) in [6.07, 6.45) is 5.30. The van der Waals surface area contributed by atoms with Crippen molar-refractivity contribution >= 4 is 28.6 Å². The minimum absolute atomic E-state index is 0.168. The molecule has 7 nitrogen and oxygen atoms in total. The van der Waals surface area contributed by atoms with E-state index in [1.165, 1.54) is 18.7 Å². The molecule has 0 aliphatic heterocycles. The molecule has 3 N–H and O–H groups in total. The van der Waals surface area contributed by atoms with E-state index in [1.54, 1.807) is 12.1 Å². The maximum Gasteiger partial charge on any atom is 0.218 e. The monoisotopic (exact) mass is 329 g/mol. The van der Waals surface area contributed by atoms with Gasteiger partial charge in [0.15, 0.2) is 0 Å². The first-order chi connectivity index (χ1) is 11.0. The van der Waals surface area contributed by atoms with Gasteiger partial charge in [0.05, 0.1) is 22.8 Å². The number of nitrogens with two attached hydrogens (primary N) is 1. The van der Waals surface area contributed by atoms with E-state index in [4.69, 9.17) is 15.9 Å². The average Bonchev–Trinajstić information content (AvgIpc) is 2.54. The summed E-state index contributed by atoms with van der Waals surface area (Å²) in [5, 5.41) is 7.61. The molecule has 2 rings (SSSR count). The van der Waals surface area contributed by atoms with E-state index in [0.717, 1.165) is 6.21 Å². The first kappa shape index (κ1) is 16.5. The van der Waals surface area contributed by atoms with Crippen LogP contribution in [0.2, 0.25) is 0 Å². The maximum absolute atomic E-state index is 11.6. The lowest BCUT2D eigenvalue weighted by Gasteiger charge is -2.12. The normalized spacial score (nSPS) is 11.5. The van der Waals surface area contributed by atoms with Crippen molar-refractivity contribution < 1.29 is 8.95 Å². The predicted octanol–water partition coefficient (Wildman–Crippen LogP) is 1.99. The van der Waals surface area contributed by atoms with Crippen molar-refractivity contribution in [3.8, 4) is 11.3 Å². The molecule has 0 saturated carbocycles. The molecule has 23 heavy (non-hydrogen) atoms. The summed E-state index contributed by atoms with van der Waals surface area (Å²) < 4.78 is 16.8. The zero-order chi connectivity index (χ0) is 17.0. The molecule has 1 atom stereocenters. The smallest absolute Gasteiger partial charge is 0.218 e. The summed E-state index contributed by atoms with van der Waals surface area (Å²) in [5.41, 5.74) is 7.63. The second-order valence-corrected chi connectivity index (χ2v) is 5.66. The number of hydrogen-bond donors (Lipinski definition) is 2. The van der Waals surface area contributed by atoms with E-state index < -0.39 is 10.8 Å². The summed E-state index contributed by atoms with van der Waals surface area (Å²) in [5.74, 6) is 0.400. The van der Waals surface area contributed by atoms with E-state index in [-0.39, 0.29) is 16.7 Å². The Labute approximate surface area is 135 Å². The molecule has 0 radical (unpaired) electrons. The minimum Gasteiger partial charge on any atom is -0.464 e. The lowest BCUT2D eigenvalue weighted by Crippen LogP contribution is -2.05. The minimum atomic E-state index is -1.33. The van der Waals surface area contributed by atoms with Gasteiger partial charge in [0.25, 0.3) is 0 Å². The Balaban J connectivity index is 2.70. The van der Waals surface area contributed by atoms with Gasteiger partial charge < -0.3 is 15.9 Å². The summed E-state index contributed by atoms with van der Waals surface area (Å²) in [4.78, 5) is 12.5. The number of ether oxygens (including phenoxy) is 1. The van der Waals surface area contributed by atoms with Gasteiger partial charge in [-0.3, -0.25) is 4.21 Å². The molecule has 0 fully saturated rings. The lowest BCUT2D eigenvalue weighted by atomic mass is 10.1. The highest BCUT2D eigenvalue weighted by Gasteiger charge is 2.16. The summed E-state index contributed by atoms with van der Waals surface area (Å²) in [7, 11) is -1.33. The number of aromatic nitrogens is 3. The topological polar surface area (TPSA) is 115 Å². The van der Waals surface area contributed by atoms with Crippen LogP contribution in [0.25, 0.3) is 17.0 Å². The van der Waals surface area contributed by atoms with Crippen LogP contribution in [-0.2, 0) is 15.5 Å². The Morgan fingerprint density at radius 1 is 1.48 bits per heavy atom. The van der Waals surface area contributed by atoms with Crippen LogP contribution < -0.4 is 5.73 Å². The lowest BCUT2D eigenvalue weighted by molar-refractivity contribution is 0.438. The second kappa shape index (κ2) is 6.93. The molecule has 0 aliphatic rings. The van der Waals surface area contributed by atoms with Gasteiger partial charge in [-0.2, -0.15) is 0 Å². The first-order valence-corrected chi connectivity index (χ1v) is 7.98. The largest absolute Gasteiger partial charge is 0.464 e. The SMILES string of the molecule is C=COC(=C)c1nc(N)c(C=N)cc1-c1ccnc(S(C)=O)n1. The molecule has 0 bridgehead atoms. The fourth-order valence-electron chi connectivity index (χ4n) is 1.85. The molecule has 118 valence electrons. The fraction of sp³-hybridized carbons (Fsp3) is 0.0667. The van der Waals surface area contributed by atoms with Crippen LogP contribution in [0.1, 0.15) is 11.3 Å². The van der Waals surface area contributed by atoms with Gasteiger partial charge in [0.1, 0.15) is 17.3 Å². The van der Waals surface area contributed by atoms with Crippen molar-refractivity contribution in [2.45, 2.75) is 5.16 Å². The molecule has 0 aliphatic carbocycles. The molecular formula is C15H15N5O2S. The zero-order valence-electron chi connectivity index (χ0n) is 12.4. The Morgan fingerprint density at radius 2 is 2.22 bits per heavy atom.